The summed E-state index contributed by atoms with van der Waals surface area (Å²) in [4.78, 5) is 11.1. The minimum atomic E-state index is -4.39. The number of ether oxygens (including phenoxy) is 1. The third-order valence-electron chi connectivity index (χ3n) is 2.13. The number of hydrogen-bond acceptors (Lipinski definition) is 2. The van der Waals surface area contributed by atoms with Crippen molar-refractivity contribution < 1.29 is 22.7 Å². The normalized spacial score (nSPS) is 11.8. The summed E-state index contributed by atoms with van der Waals surface area (Å²) < 4.78 is 42.3. The van der Waals surface area contributed by atoms with E-state index in [1.54, 1.807) is 19.9 Å². The van der Waals surface area contributed by atoms with Crippen LogP contribution < -0.4 is 0 Å². The molecule has 0 bridgehead atoms. The van der Waals surface area contributed by atoms with Gasteiger partial charge in [-0.05, 0) is 43.2 Å². The lowest BCUT2D eigenvalue weighted by Crippen LogP contribution is -2.05. The van der Waals surface area contributed by atoms with Gasteiger partial charge in [0.2, 0.25) is 0 Å². The predicted octanol–water partition coefficient (Wildman–Crippen LogP) is 3.59. The summed E-state index contributed by atoms with van der Waals surface area (Å²) in [6, 6.07) is 3.61. The topological polar surface area (TPSA) is 26.3 Å². The highest BCUT2D eigenvalue weighted by atomic mass is 19.4. The van der Waals surface area contributed by atoms with Gasteiger partial charge in [0, 0.05) is 6.08 Å². The van der Waals surface area contributed by atoms with Crippen molar-refractivity contribution in [1.29, 1.82) is 0 Å². The lowest BCUT2D eigenvalue weighted by atomic mass is 10.1. The number of aryl methyl sites for hydroxylation is 1. The molecular formula is C13H13F3O2. The lowest BCUT2D eigenvalue weighted by molar-refractivity contribution is -0.138. The van der Waals surface area contributed by atoms with Crippen molar-refractivity contribution >= 4 is 12.0 Å². The van der Waals surface area contributed by atoms with E-state index in [0.29, 0.717) is 11.1 Å². The molecule has 0 N–H and O–H groups in total. The van der Waals surface area contributed by atoms with Gasteiger partial charge in [-0.1, -0.05) is 6.07 Å². The van der Waals surface area contributed by atoms with Gasteiger partial charge < -0.3 is 4.74 Å². The number of halogens is 3. The molecule has 0 aliphatic heterocycles. The maximum absolute atomic E-state index is 12.6. The van der Waals surface area contributed by atoms with Crippen LogP contribution in [0.25, 0.3) is 6.08 Å². The molecule has 2 nitrogen and oxygen atoms in total. The second-order valence-corrected chi connectivity index (χ2v) is 3.72. The molecule has 0 aliphatic carbocycles. The van der Waals surface area contributed by atoms with Gasteiger partial charge in [-0.2, -0.15) is 13.2 Å². The zero-order valence-corrected chi connectivity index (χ0v) is 10.0. The highest BCUT2D eigenvalue weighted by Crippen LogP contribution is 2.30. The number of alkyl halides is 3. The minimum absolute atomic E-state index is 0.227. The van der Waals surface area contributed by atoms with Gasteiger partial charge >= 0.3 is 12.1 Å². The van der Waals surface area contributed by atoms with Crippen LogP contribution in [0.5, 0.6) is 0 Å². The van der Waals surface area contributed by atoms with Crippen LogP contribution in [0, 0.1) is 6.92 Å². The monoisotopic (exact) mass is 258 g/mol. The number of benzene rings is 1. The third kappa shape index (κ3) is 4.24. The van der Waals surface area contributed by atoms with Crippen LogP contribution in [-0.2, 0) is 15.7 Å². The van der Waals surface area contributed by atoms with Crippen LogP contribution in [0.3, 0.4) is 0 Å². The molecule has 0 heterocycles. The number of carbonyl (C=O) groups is 1. The van der Waals surface area contributed by atoms with E-state index in [1.165, 1.54) is 6.08 Å². The van der Waals surface area contributed by atoms with Gasteiger partial charge in [-0.15, -0.1) is 0 Å². The summed E-state index contributed by atoms with van der Waals surface area (Å²) in [5.74, 6) is -0.576. The molecule has 0 radical (unpaired) electrons. The molecule has 98 valence electrons. The maximum atomic E-state index is 12.6. The Labute approximate surface area is 103 Å². The lowest BCUT2D eigenvalue weighted by Gasteiger charge is -2.08. The number of hydrogen-bond donors (Lipinski definition) is 0. The molecule has 0 amide bonds. The van der Waals surface area contributed by atoms with Gasteiger partial charge in [0.25, 0.3) is 0 Å². The highest BCUT2D eigenvalue weighted by Gasteiger charge is 2.30. The van der Waals surface area contributed by atoms with Gasteiger partial charge in [-0.3, -0.25) is 0 Å². The molecule has 1 rings (SSSR count). The van der Waals surface area contributed by atoms with Gasteiger partial charge in [0.1, 0.15) is 0 Å². The van der Waals surface area contributed by atoms with Crippen molar-refractivity contribution in [3.05, 3.63) is 41.0 Å². The number of rotatable bonds is 3. The average molecular weight is 258 g/mol. The summed E-state index contributed by atoms with van der Waals surface area (Å²) >= 11 is 0. The van der Waals surface area contributed by atoms with Crippen molar-refractivity contribution in [3.8, 4) is 0 Å². The summed E-state index contributed by atoms with van der Waals surface area (Å²) in [6.45, 7) is 3.45. The highest BCUT2D eigenvalue weighted by molar-refractivity contribution is 5.87. The van der Waals surface area contributed by atoms with E-state index in [-0.39, 0.29) is 6.61 Å². The van der Waals surface area contributed by atoms with Crippen molar-refractivity contribution in [2.75, 3.05) is 6.61 Å². The molecule has 0 saturated heterocycles. The number of carbonyl (C=O) groups excluding carboxylic acids is 1. The Kier molecular flexibility index (Phi) is 4.53. The fraction of sp³-hybridized carbons (Fsp3) is 0.308. The maximum Gasteiger partial charge on any atom is 0.416 e. The Morgan fingerprint density at radius 1 is 1.33 bits per heavy atom. The summed E-state index contributed by atoms with van der Waals surface area (Å²) in [5.41, 5.74) is 0.0646. The molecule has 0 fully saturated rings. The molecule has 0 atom stereocenters. The first-order chi connectivity index (χ1) is 8.32. The van der Waals surface area contributed by atoms with Crippen molar-refractivity contribution in [3.63, 3.8) is 0 Å². The fourth-order valence-corrected chi connectivity index (χ4v) is 1.43. The van der Waals surface area contributed by atoms with E-state index in [2.05, 4.69) is 4.74 Å². The zero-order chi connectivity index (χ0) is 13.8. The largest absolute Gasteiger partial charge is 0.463 e. The molecule has 18 heavy (non-hydrogen) atoms. The van der Waals surface area contributed by atoms with E-state index < -0.39 is 17.7 Å². The van der Waals surface area contributed by atoms with E-state index in [4.69, 9.17) is 0 Å². The van der Waals surface area contributed by atoms with Crippen molar-refractivity contribution in [2.45, 2.75) is 20.0 Å². The first-order valence-corrected chi connectivity index (χ1v) is 5.36. The van der Waals surface area contributed by atoms with E-state index in [0.717, 1.165) is 18.2 Å². The second-order valence-electron chi connectivity index (χ2n) is 3.72. The Hall–Kier alpha value is -1.78. The van der Waals surface area contributed by atoms with Gasteiger partial charge in [-0.25, -0.2) is 4.79 Å². The summed E-state index contributed by atoms with van der Waals surface area (Å²) in [6.07, 6.45) is -1.98. The molecule has 0 spiro atoms. The standard InChI is InChI=1S/C13H13F3O2/c1-3-18-12(17)5-4-10-6-9(2)7-11(8-10)13(14,15)16/h4-8H,3H2,1-2H3. The fourth-order valence-electron chi connectivity index (χ4n) is 1.43. The van der Waals surface area contributed by atoms with Crippen LogP contribution in [-0.4, -0.2) is 12.6 Å². The van der Waals surface area contributed by atoms with Crippen molar-refractivity contribution in [1.82, 2.24) is 0 Å². The Balaban J connectivity index is 2.97. The smallest absolute Gasteiger partial charge is 0.416 e. The SMILES string of the molecule is CCOC(=O)C=Cc1cc(C)cc(C(F)(F)F)c1. The van der Waals surface area contributed by atoms with E-state index in [9.17, 15) is 18.0 Å². The van der Waals surface area contributed by atoms with E-state index >= 15 is 0 Å². The first kappa shape index (κ1) is 14.3. The Morgan fingerprint density at radius 2 is 2.00 bits per heavy atom. The van der Waals surface area contributed by atoms with Crippen LogP contribution in [0.1, 0.15) is 23.6 Å². The number of esters is 1. The first-order valence-electron chi connectivity index (χ1n) is 5.36. The molecule has 0 unspecified atom stereocenters. The van der Waals surface area contributed by atoms with Crippen LogP contribution in [0.15, 0.2) is 24.3 Å². The molecule has 0 aromatic heterocycles. The molecular weight excluding hydrogens is 245 g/mol. The Bertz CT molecular complexity index is 462. The quantitative estimate of drug-likeness (QED) is 0.611. The van der Waals surface area contributed by atoms with Gasteiger partial charge in [0.05, 0.1) is 12.2 Å². The third-order valence-corrected chi connectivity index (χ3v) is 2.13. The van der Waals surface area contributed by atoms with Crippen LogP contribution in [0.4, 0.5) is 13.2 Å². The predicted molar refractivity (Wildman–Crippen MR) is 61.8 cm³/mol. The Morgan fingerprint density at radius 3 is 2.56 bits per heavy atom. The van der Waals surface area contributed by atoms with E-state index in [1.807, 2.05) is 0 Å². The average Bonchev–Trinajstić information content (AvgIpc) is 2.25. The molecule has 0 saturated carbocycles. The van der Waals surface area contributed by atoms with Gasteiger partial charge in [0.15, 0.2) is 0 Å². The molecule has 1 aromatic carbocycles. The van der Waals surface area contributed by atoms with Crippen LogP contribution >= 0.6 is 0 Å². The molecule has 1 aromatic rings. The van der Waals surface area contributed by atoms with Crippen molar-refractivity contribution in [2.24, 2.45) is 0 Å². The molecule has 0 aliphatic rings. The minimum Gasteiger partial charge on any atom is -0.463 e. The van der Waals surface area contributed by atoms with Crippen LogP contribution in [0.2, 0.25) is 0 Å². The summed E-state index contributed by atoms with van der Waals surface area (Å²) in [7, 11) is 0. The summed E-state index contributed by atoms with van der Waals surface area (Å²) in [5, 5.41) is 0. The second kappa shape index (κ2) is 5.71. The zero-order valence-electron chi connectivity index (χ0n) is 10.0. The molecule has 5 heteroatoms.